The van der Waals surface area contributed by atoms with Crippen LogP contribution >= 0.6 is 35.6 Å². The molecule has 8 heteroatoms. The molecule has 6 nitrogen and oxygen atoms in total. The molecule has 1 aromatic carbocycles. The largest absolute Gasteiger partial charge is 0.380 e. The van der Waals surface area contributed by atoms with Crippen LogP contribution in [0.25, 0.3) is 0 Å². The average molecular weight is 469 g/mol. The van der Waals surface area contributed by atoms with Crippen LogP contribution in [0.3, 0.4) is 0 Å². The van der Waals surface area contributed by atoms with E-state index in [-0.39, 0.29) is 29.9 Å². The monoisotopic (exact) mass is 468 g/mol. The van der Waals surface area contributed by atoms with Gasteiger partial charge in [-0.2, -0.15) is 0 Å². The number of aliphatic imine (C=N–C) groups is 1. The molecule has 24 heavy (non-hydrogen) atoms. The summed E-state index contributed by atoms with van der Waals surface area (Å²) in [7, 11) is 1.71. The van der Waals surface area contributed by atoms with Gasteiger partial charge < -0.3 is 20.7 Å². The van der Waals surface area contributed by atoms with Gasteiger partial charge in [0.05, 0.1) is 6.61 Å². The van der Waals surface area contributed by atoms with Crippen molar-refractivity contribution in [2.75, 3.05) is 38.7 Å². The van der Waals surface area contributed by atoms with E-state index in [2.05, 4.69) is 20.9 Å². The predicted octanol–water partition coefficient (Wildman–Crippen LogP) is 2.88. The van der Waals surface area contributed by atoms with Crippen molar-refractivity contribution in [3.05, 3.63) is 29.3 Å². The van der Waals surface area contributed by atoms with E-state index in [0.717, 1.165) is 5.69 Å². The Morgan fingerprint density at radius 3 is 2.50 bits per heavy atom. The van der Waals surface area contributed by atoms with Crippen LogP contribution in [0.15, 0.2) is 29.3 Å². The Morgan fingerprint density at radius 2 is 1.88 bits per heavy atom. The van der Waals surface area contributed by atoms with E-state index in [1.54, 1.807) is 31.3 Å². The minimum absolute atomic E-state index is 0. The Kier molecular flexibility index (Phi) is 13.7. The molecule has 1 rings (SSSR count). The van der Waals surface area contributed by atoms with E-state index in [9.17, 15) is 4.79 Å². The molecule has 0 saturated heterocycles. The third kappa shape index (κ3) is 10.7. The maximum Gasteiger partial charge on any atom is 0.224 e. The van der Waals surface area contributed by atoms with Gasteiger partial charge in [0.25, 0.3) is 0 Å². The Labute approximate surface area is 165 Å². The Bertz CT molecular complexity index is 497. The fourth-order valence-electron chi connectivity index (χ4n) is 1.82. The predicted molar refractivity (Wildman–Crippen MR) is 111 cm³/mol. The van der Waals surface area contributed by atoms with E-state index in [0.29, 0.717) is 50.1 Å². The smallest absolute Gasteiger partial charge is 0.224 e. The first-order chi connectivity index (χ1) is 11.2. The molecule has 0 aliphatic rings. The first-order valence-corrected chi connectivity index (χ1v) is 8.11. The number of hydrogen-bond donors (Lipinski definition) is 3. The van der Waals surface area contributed by atoms with Crippen LogP contribution in [0, 0.1) is 0 Å². The lowest BCUT2D eigenvalue weighted by Crippen LogP contribution is -2.39. The fourth-order valence-corrected chi connectivity index (χ4v) is 1.94. The summed E-state index contributed by atoms with van der Waals surface area (Å²) in [5, 5.41) is 9.78. The average Bonchev–Trinajstić information content (AvgIpc) is 2.55. The van der Waals surface area contributed by atoms with E-state index < -0.39 is 0 Å². The SMILES string of the molecule is CCOCCNC(=NC)NCCCC(=O)Nc1ccc(Cl)cc1.I. The highest BCUT2D eigenvalue weighted by molar-refractivity contribution is 14.0. The number of benzene rings is 1. The van der Waals surface area contributed by atoms with E-state index in [4.69, 9.17) is 16.3 Å². The highest BCUT2D eigenvalue weighted by Crippen LogP contribution is 2.13. The summed E-state index contributed by atoms with van der Waals surface area (Å²) in [5.41, 5.74) is 0.751. The van der Waals surface area contributed by atoms with Crippen LogP contribution in [0.2, 0.25) is 5.02 Å². The number of carbonyl (C=O) groups excluding carboxylic acids is 1. The van der Waals surface area contributed by atoms with Crippen molar-refractivity contribution in [1.82, 2.24) is 10.6 Å². The summed E-state index contributed by atoms with van der Waals surface area (Å²) in [4.78, 5) is 15.9. The molecular weight excluding hydrogens is 443 g/mol. The third-order valence-electron chi connectivity index (χ3n) is 2.97. The summed E-state index contributed by atoms with van der Waals surface area (Å²) >= 11 is 5.80. The number of anilines is 1. The maximum absolute atomic E-state index is 11.8. The van der Waals surface area contributed by atoms with Crippen molar-refractivity contribution in [3.8, 4) is 0 Å². The Hall–Kier alpha value is -1.06. The minimum Gasteiger partial charge on any atom is -0.380 e. The molecule has 1 aromatic rings. The lowest BCUT2D eigenvalue weighted by Gasteiger charge is -2.11. The van der Waals surface area contributed by atoms with Crippen molar-refractivity contribution in [2.45, 2.75) is 19.8 Å². The van der Waals surface area contributed by atoms with Gasteiger partial charge in [-0.25, -0.2) is 0 Å². The summed E-state index contributed by atoms with van der Waals surface area (Å²) in [6.07, 6.45) is 1.15. The van der Waals surface area contributed by atoms with Gasteiger partial charge in [0.15, 0.2) is 5.96 Å². The number of halogens is 2. The molecule has 0 heterocycles. The first kappa shape index (κ1) is 22.9. The second-order valence-electron chi connectivity index (χ2n) is 4.78. The van der Waals surface area contributed by atoms with Crippen LogP contribution < -0.4 is 16.0 Å². The van der Waals surface area contributed by atoms with Gasteiger partial charge in [0.2, 0.25) is 5.91 Å². The zero-order valence-electron chi connectivity index (χ0n) is 14.1. The van der Waals surface area contributed by atoms with Crippen molar-refractivity contribution in [2.24, 2.45) is 4.99 Å². The van der Waals surface area contributed by atoms with E-state index in [1.165, 1.54) is 0 Å². The minimum atomic E-state index is -0.0200. The molecule has 0 spiro atoms. The normalized spacial score (nSPS) is 10.7. The van der Waals surface area contributed by atoms with Gasteiger partial charge >= 0.3 is 0 Å². The Morgan fingerprint density at radius 1 is 1.21 bits per heavy atom. The molecule has 1 amide bonds. The summed E-state index contributed by atoms with van der Waals surface area (Å²) < 4.78 is 5.24. The molecule has 0 saturated carbocycles. The lowest BCUT2D eigenvalue weighted by molar-refractivity contribution is -0.116. The third-order valence-corrected chi connectivity index (χ3v) is 3.22. The molecule has 0 radical (unpaired) electrons. The standard InChI is InChI=1S/C16H25ClN4O2.HI/c1-3-23-12-11-20-16(18-2)19-10-4-5-15(22)21-14-8-6-13(17)7-9-14;/h6-9H,3-5,10-12H2,1-2H3,(H,21,22)(H2,18,19,20);1H. The second kappa shape index (κ2) is 14.3. The van der Waals surface area contributed by atoms with Crippen LogP contribution in [0.1, 0.15) is 19.8 Å². The molecule has 0 unspecified atom stereocenters. The van der Waals surface area contributed by atoms with Crippen molar-refractivity contribution >= 4 is 53.1 Å². The lowest BCUT2D eigenvalue weighted by atomic mass is 10.2. The van der Waals surface area contributed by atoms with E-state index >= 15 is 0 Å². The second-order valence-corrected chi connectivity index (χ2v) is 5.22. The number of hydrogen-bond acceptors (Lipinski definition) is 3. The van der Waals surface area contributed by atoms with Gasteiger partial charge in [-0.15, -0.1) is 24.0 Å². The zero-order chi connectivity index (χ0) is 16.9. The quantitative estimate of drug-likeness (QED) is 0.225. The molecule has 0 aliphatic carbocycles. The van der Waals surface area contributed by atoms with Crippen LogP contribution in [0.4, 0.5) is 5.69 Å². The number of carbonyl (C=O) groups is 1. The highest BCUT2D eigenvalue weighted by Gasteiger charge is 2.03. The molecule has 0 atom stereocenters. The van der Waals surface area contributed by atoms with Crippen LogP contribution in [-0.2, 0) is 9.53 Å². The van der Waals surface area contributed by atoms with Gasteiger partial charge in [-0.05, 0) is 37.6 Å². The number of rotatable bonds is 9. The van der Waals surface area contributed by atoms with Crippen LogP contribution in [-0.4, -0.2) is 45.2 Å². The number of amides is 1. The zero-order valence-corrected chi connectivity index (χ0v) is 17.2. The fraction of sp³-hybridized carbons (Fsp3) is 0.500. The molecular formula is C16H26ClIN4O2. The topological polar surface area (TPSA) is 74.8 Å². The Balaban J connectivity index is 0.00000529. The number of nitrogens with zero attached hydrogens (tertiary/aromatic N) is 1. The summed E-state index contributed by atoms with van der Waals surface area (Å²) in [6, 6.07) is 7.05. The van der Waals surface area contributed by atoms with Crippen LogP contribution in [0.5, 0.6) is 0 Å². The van der Waals surface area contributed by atoms with Gasteiger partial charge in [-0.3, -0.25) is 9.79 Å². The molecule has 0 aromatic heterocycles. The molecule has 3 N–H and O–H groups in total. The highest BCUT2D eigenvalue weighted by atomic mass is 127. The first-order valence-electron chi connectivity index (χ1n) is 7.73. The van der Waals surface area contributed by atoms with Gasteiger partial charge in [-0.1, -0.05) is 11.6 Å². The van der Waals surface area contributed by atoms with Gasteiger partial charge in [0.1, 0.15) is 0 Å². The van der Waals surface area contributed by atoms with E-state index in [1.807, 2.05) is 6.92 Å². The number of ether oxygens (including phenoxy) is 1. The van der Waals surface area contributed by atoms with Crippen molar-refractivity contribution in [1.29, 1.82) is 0 Å². The molecule has 0 fully saturated rings. The number of nitrogens with one attached hydrogen (secondary N) is 3. The molecule has 136 valence electrons. The molecule has 0 bridgehead atoms. The molecule has 0 aliphatic heterocycles. The summed E-state index contributed by atoms with van der Waals surface area (Å²) in [6.45, 7) is 4.67. The van der Waals surface area contributed by atoms with Crippen molar-refractivity contribution in [3.63, 3.8) is 0 Å². The number of guanidine groups is 1. The summed E-state index contributed by atoms with van der Waals surface area (Å²) in [5.74, 6) is 0.691. The van der Waals surface area contributed by atoms with Crippen molar-refractivity contribution < 1.29 is 9.53 Å². The van der Waals surface area contributed by atoms with Gasteiger partial charge in [0, 0.05) is 43.9 Å². The maximum atomic E-state index is 11.8.